The van der Waals surface area contributed by atoms with E-state index < -0.39 is 28.8 Å². The summed E-state index contributed by atoms with van der Waals surface area (Å²) in [6, 6.07) is 16.3. The molecule has 5 nitrogen and oxygen atoms in total. The molecule has 0 saturated heterocycles. The number of alkyl halides is 1. The normalized spacial score (nSPS) is 13.6. The summed E-state index contributed by atoms with van der Waals surface area (Å²) in [5, 5.41) is 9.80. The number of nitrogens with zero attached hydrogens (tertiary/aromatic N) is 1. The number of hydrogen-bond acceptors (Lipinski definition) is 4. The number of rotatable bonds is 8. The second-order valence-corrected chi connectivity index (χ2v) is 7.58. The van der Waals surface area contributed by atoms with Crippen molar-refractivity contribution >= 4 is 21.6 Å². The number of sulfonamides is 1. The monoisotopic (exact) mass is 382 g/mol. The Balaban J connectivity index is 2.10. The summed E-state index contributed by atoms with van der Waals surface area (Å²) in [4.78, 5) is 0. The third kappa shape index (κ3) is 5.71. The van der Waals surface area contributed by atoms with Gasteiger partial charge in [0.1, 0.15) is 19.0 Å². The van der Waals surface area contributed by atoms with Crippen molar-refractivity contribution in [3.63, 3.8) is 0 Å². The van der Waals surface area contributed by atoms with Gasteiger partial charge in [-0.05, 0) is 29.8 Å². The standard InChI is InChI=1S/C17H16ClFN2O3S/c18-15-6-8-16(9-7-15)24-13-17(11-19,12-20)21-25(22,23)10-14-4-2-1-3-5-14/h1-9,21H,10-11,13H2. The Hall–Kier alpha value is -2.14. The van der Waals surface area contributed by atoms with Gasteiger partial charge in [-0.25, -0.2) is 12.8 Å². The summed E-state index contributed by atoms with van der Waals surface area (Å²) in [7, 11) is -3.94. The minimum atomic E-state index is -3.94. The first-order valence-electron chi connectivity index (χ1n) is 7.29. The summed E-state index contributed by atoms with van der Waals surface area (Å²) in [6.07, 6.45) is 0. The predicted molar refractivity (Wildman–Crippen MR) is 93.5 cm³/mol. The van der Waals surface area contributed by atoms with Gasteiger partial charge in [-0.15, -0.1) is 0 Å². The first kappa shape index (κ1) is 19.2. The van der Waals surface area contributed by atoms with E-state index in [0.717, 1.165) is 0 Å². The second kappa shape index (κ2) is 8.30. The fourth-order valence-corrected chi connectivity index (χ4v) is 3.63. The first-order chi connectivity index (χ1) is 11.9. The number of nitrogens with one attached hydrogen (secondary N) is 1. The lowest BCUT2D eigenvalue weighted by Crippen LogP contribution is -2.53. The van der Waals surface area contributed by atoms with Crippen molar-refractivity contribution < 1.29 is 17.5 Å². The van der Waals surface area contributed by atoms with E-state index in [1.807, 2.05) is 0 Å². The molecule has 0 bridgehead atoms. The summed E-state index contributed by atoms with van der Waals surface area (Å²) < 4.78 is 45.6. The molecule has 0 amide bonds. The van der Waals surface area contributed by atoms with E-state index in [2.05, 4.69) is 4.72 Å². The molecular formula is C17H16ClFN2O3S. The molecule has 0 saturated carbocycles. The average molecular weight is 383 g/mol. The Kier molecular flexibility index (Phi) is 6.37. The molecule has 132 valence electrons. The zero-order valence-corrected chi connectivity index (χ0v) is 14.7. The van der Waals surface area contributed by atoms with E-state index in [4.69, 9.17) is 16.3 Å². The van der Waals surface area contributed by atoms with Gasteiger partial charge in [0, 0.05) is 5.02 Å². The Morgan fingerprint density at radius 1 is 1.16 bits per heavy atom. The molecule has 2 rings (SSSR count). The first-order valence-corrected chi connectivity index (χ1v) is 9.32. The number of halogens is 2. The molecule has 8 heteroatoms. The van der Waals surface area contributed by atoms with Crippen LogP contribution in [0.2, 0.25) is 5.02 Å². The molecule has 0 aliphatic carbocycles. The molecule has 1 atom stereocenters. The summed E-state index contributed by atoms with van der Waals surface area (Å²) in [5.74, 6) is -0.0159. The molecule has 2 aromatic rings. The molecule has 0 spiro atoms. The molecule has 0 aromatic heterocycles. The molecule has 1 N–H and O–H groups in total. The van der Waals surface area contributed by atoms with Crippen LogP contribution in [0.15, 0.2) is 54.6 Å². The van der Waals surface area contributed by atoms with Crippen LogP contribution in [-0.2, 0) is 15.8 Å². The molecule has 0 aliphatic rings. The Bertz CT molecular complexity index is 838. The molecule has 0 fully saturated rings. The number of benzene rings is 2. The van der Waals surface area contributed by atoms with Crippen LogP contribution in [0.1, 0.15) is 5.56 Å². The van der Waals surface area contributed by atoms with E-state index in [-0.39, 0.29) is 5.75 Å². The smallest absolute Gasteiger partial charge is 0.217 e. The van der Waals surface area contributed by atoms with Gasteiger partial charge in [-0.1, -0.05) is 41.9 Å². The van der Waals surface area contributed by atoms with E-state index in [1.54, 1.807) is 60.7 Å². The van der Waals surface area contributed by atoms with E-state index in [9.17, 15) is 18.1 Å². The lowest BCUT2D eigenvalue weighted by molar-refractivity contribution is 0.208. The zero-order chi connectivity index (χ0) is 18.3. The van der Waals surface area contributed by atoms with Gasteiger partial charge in [0.25, 0.3) is 0 Å². The van der Waals surface area contributed by atoms with E-state index in [0.29, 0.717) is 16.3 Å². The van der Waals surface area contributed by atoms with Crippen LogP contribution < -0.4 is 9.46 Å². The maximum atomic E-state index is 13.5. The molecular weight excluding hydrogens is 367 g/mol. The highest BCUT2D eigenvalue weighted by molar-refractivity contribution is 7.88. The minimum Gasteiger partial charge on any atom is -0.490 e. The maximum Gasteiger partial charge on any atom is 0.217 e. The van der Waals surface area contributed by atoms with Crippen molar-refractivity contribution in [3.05, 3.63) is 65.2 Å². The quantitative estimate of drug-likeness (QED) is 0.761. The van der Waals surface area contributed by atoms with Crippen LogP contribution in [0.25, 0.3) is 0 Å². The minimum absolute atomic E-state index is 0.347. The van der Waals surface area contributed by atoms with Gasteiger partial charge in [0.15, 0.2) is 5.54 Å². The van der Waals surface area contributed by atoms with Crippen LogP contribution in [0, 0.1) is 11.3 Å². The maximum absolute atomic E-state index is 13.5. The number of ether oxygens (including phenoxy) is 1. The topological polar surface area (TPSA) is 79.2 Å². The van der Waals surface area contributed by atoms with Gasteiger partial charge in [-0.2, -0.15) is 9.98 Å². The molecule has 0 radical (unpaired) electrons. The molecule has 2 aromatic carbocycles. The molecule has 0 heterocycles. The summed E-state index contributed by atoms with van der Waals surface area (Å²) in [6.45, 7) is -1.71. The lowest BCUT2D eigenvalue weighted by Gasteiger charge is -2.24. The van der Waals surface area contributed by atoms with Crippen LogP contribution in [-0.4, -0.2) is 27.2 Å². The van der Waals surface area contributed by atoms with Gasteiger partial charge in [-0.3, -0.25) is 0 Å². The van der Waals surface area contributed by atoms with Crippen LogP contribution >= 0.6 is 11.6 Å². The Labute approximate surface area is 151 Å². The highest BCUT2D eigenvalue weighted by Gasteiger charge is 2.36. The SMILES string of the molecule is N#CC(CF)(COc1ccc(Cl)cc1)NS(=O)(=O)Cc1ccccc1. The van der Waals surface area contributed by atoms with Crippen LogP contribution in [0.5, 0.6) is 5.75 Å². The van der Waals surface area contributed by atoms with Gasteiger partial charge in [0.05, 0.1) is 11.8 Å². The van der Waals surface area contributed by atoms with E-state index in [1.165, 1.54) is 0 Å². The molecule has 25 heavy (non-hydrogen) atoms. The van der Waals surface area contributed by atoms with Gasteiger partial charge >= 0.3 is 0 Å². The van der Waals surface area contributed by atoms with Crippen molar-refractivity contribution in [1.82, 2.24) is 4.72 Å². The van der Waals surface area contributed by atoms with Gasteiger partial charge in [0.2, 0.25) is 10.0 Å². The zero-order valence-electron chi connectivity index (χ0n) is 13.2. The summed E-state index contributed by atoms with van der Waals surface area (Å²) in [5.41, 5.74) is -1.48. The third-order valence-electron chi connectivity index (χ3n) is 3.29. The summed E-state index contributed by atoms with van der Waals surface area (Å²) >= 11 is 5.76. The highest BCUT2D eigenvalue weighted by atomic mass is 35.5. The van der Waals surface area contributed by atoms with Crippen molar-refractivity contribution in [3.8, 4) is 11.8 Å². The molecule has 1 unspecified atom stereocenters. The average Bonchev–Trinajstić information content (AvgIpc) is 2.60. The van der Waals surface area contributed by atoms with Crippen molar-refractivity contribution in [1.29, 1.82) is 5.26 Å². The number of nitriles is 1. The largest absolute Gasteiger partial charge is 0.490 e. The van der Waals surface area contributed by atoms with Gasteiger partial charge < -0.3 is 4.74 Å². The fraction of sp³-hybridized carbons (Fsp3) is 0.235. The number of hydrogen-bond donors (Lipinski definition) is 1. The van der Waals surface area contributed by atoms with Crippen LogP contribution in [0.4, 0.5) is 4.39 Å². The van der Waals surface area contributed by atoms with Crippen molar-refractivity contribution in [2.45, 2.75) is 11.3 Å². The Morgan fingerprint density at radius 2 is 1.80 bits per heavy atom. The molecule has 0 aliphatic heterocycles. The third-order valence-corrected chi connectivity index (χ3v) is 4.96. The van der Waals surface area contributed by atoms with E-state index >= 15 is 0 Å². The lowest BCUT2D eigenvalue weighted by atomic mass is 10.1. The van der Waals surface area contributed by atoms with Crippen LogP contribution in [0.3, 0.4) is 0 Å². The highest BCUT2D eigenvalue weighted by Crippen LogP contribution is 2.18. The van der Waals surface area contributed by atoms with Crippen molar-refractivity contribution in [2.75, 3.05) is 13.3 Å². The fourth-order valence-electron chi connectivity index (χ4n) is 2.05. The second-order valence-electron chi connectivity index (χ2n) is 5.42. The van der Waals surface area contributed by atoms with Crippen molar-refractivity contribution in [2.24, 2.45) is 0 Å². The Morgan fingerprint density at radius 3 is 2.36 bits per heavy atom. The predicted octanol–water partition coefficient (Wildman–Crippen LogP) is 3.07.